The van der Waals surface area contributed by atoms with Crippen molar-refractivity contribution in [1.82, 2.24) is 4.90 Å². The minimum atomic E-state index is -0.892. The van der Waals surface area contributed by atoms with Gasteiger partial charge in [0.15, 0.2) is 0 Å². The maximum atomic E-state index is 11.1. The normalized spacial score (nSPS) is 19.4. The average Bonchev–Trinajstić information content (AvgIpc) is 3.22. The molecule has 2 aliphatic carbocycles. The van der Waals surface area contributed by atoms with Gasteiger partial charge in [-0.05, 0) is 43.6 Å². The summed E-state index contributed by atoms with van der Waals surface area (Å²) in [5.74, 6) is 1.36. The Labute approximate surface area is 107 Å². The zero-order valence-electron chi connectivity index (χ0n) is 10.5. The fraction of sp³-hybridized carbons (Fsp3) is 0.643. The van der Waals surface area contributed by atoms with Gasteiger partial charge in [0, 0.05) is 13.1 Å². The number of hydrogen-bond acceptors (Lipinski definition) is 3. The fourth-order valence-electron chi connectivity index (χ4n) is 2.39. The lowest BCUT2D eigenvalue weighted by atomic mass is 10.2. The van der Waals surface area contributed by atoms with Crippen LogP contribution in [0, 0.1) is 11.8 Å². The van der Waals surface area contributed by atoms with Gasteiger partial charge in [0.25, 0.3) is 0 Å². The zero-order valence-corrected chi connectivity index (χ0v) is 10.5. The summed E-state index contributed by atoms with van der Waals surface area (Å²) >= 11 is 0. The second-order valence-electron chi connectivity index (χ2n) is 5.64. The molecule has 0 bridgehead atoms. The molecular weight excluding hydrogens is 230 g/mol. The lowest BCUT2D eigenvalue weighted by molar-refractivity contribution is 0.0692. The molecule has 0 aliphatic heterocycles. The van der Waals surface area contributed by atoms with Crippen molar-refractivity contribution in [3.05, 3.63) is 23.7 Å². The van der Waals surface area contributed by atoms with E-state index in [2.05, 4.69) is 4.90 Å². The summed E-state index contributed by atoms with van der Waals surface area (Å²) in [5, 5.41) is 9.08. The molecule has 3 rings (SSSR count). The SMILES string of the molecule is O=C(O)c1ccoc1CN(CC1CC1)CC1CC1. The van der Waals surface area contributed by atoms with Crippen LogP contribution >= 0.6 is 0 Å². The molecule has 1 N–H and O–H groups in total. The maximum absolute atomic E-state index is 11.1. The highest BCUT2D eigenvalue weighted by Crippen LogP contribution is 2.34. The van der Waals surface area contributed by atoms with E-state index < -0.39 is 5.97 Å². The molecule has 0 amide bonds. The minimum Gasteiger partial charge on any atom is -0.478 e. The van der Waals surface area contributed by atoms with Crippen molar-refractivity contribution in [1.29, 1.82) is 0 Å². The third kappa shape index (κ3) is 2.93. The summed E-state index contributed by atoms with van der Waals surface area (Å²) in [5.41, 5.74) is 0.312. The van der Waals surface area contributed by atoms with Gasteiger partial charge in [-0.3, -0.25) is 4.90 Å². The van der Waals surface area contributed by atoms with Gasteiger partial charge in [-0.25, -0.2) is 4.79 Å². The second-order valence-corrected chi connectivity index (χ2v) is 5.64. The average molecular weight is 249 g/mol. The number of furan rings is 1. The summed E-state index contributed by atoms with van der Waals surface area (Å²) in [7, 11) is 0. The number of rotatable bonds is 7. The Morgan fingerprint density at radius 1 is 1.28 bits per heavy atom. The first-order valence-electron chi connectivity index (χ1n) is 6.74. The van der Waals surface area contributed by atoms with E-state index in [4.69, 9.17) is 9.52 Å². The number of carbonyl (C=O) groups is 1. The largest absolute Gasteiger partial charge is 0.478 e. The zero-order chi connectivity index (χ0) is 12.5. The number of carboxylic acid groups (broad SMARTS) is 1. The molecule has 18 heavy (non-hydrogen) atoms. The van der Waals surface area contributed by atoms with E-state index in [1.54, 1.807) is 6.07 Å². The molecule has 4 heteroatoms. The van der Waals surface area contributed by atoms with Gasteiger partial charge in [-0.15, -0.1) is 0 Å². The molecule has 4 nitrogen and oxygen atoms in total. The van der Waals surface area contributed by atoms with Crippen LogP contribution in [0.3, 0.4) is 0 Å². The fourth-order valence-corrected chi connectivity index (χ4v) is 2.39. The van der Waals surface area contributed by atoms with Gasteiger partial charge in [-0.1, -0.05) is 0 Å². The van der Waals surface area contributed by atoms with E-state index in [1.165, 1.54) is 31.9 Å². The lowest BCUT2D eigenvalue weighted by Crippen LogP contribution is -2.28. The Bertz CT molecular complexity index is 418. The standard InChI is InChI=1S/C14H19NO3/c16-14(17)12-5-6-18-13(12)9-15(7-10-1-2-10)8-11-3-4-11/h5-6,10-11H,1-4,7-9H2,(H,16,17). The van der Waals surface area contributed by atoms with Crippen LogP contribution < -0.4 is 0 Å². The second kappa shape index (κ2) is 4.76. The van der Waals surface area contributed by atoms with Crippen LogP contribution in [0.15, 0.2) is 16.7 Å². The third-order valence-corrected chi connectivity index (χ3v) is 3.77. The van der Waals surface area contributed by atoms with Crippen molar-refractivity contribution in [3.8, 4) is 0 Å². The highest BCUT2D eigenvalue weighted by atomic mass is 16.4. The highest BCUT2D eigenvalue weighted by Gasteiger charge is 2.30. The predicted molar refractivity (Wildman–Crippen MR) is 66.4 cm³/mol. The third-order valence-electron chi connectivity index (χ3n) is 3.77. The first-order valence-corrected chi connectivity index (χ1v) is 6.74. The van der Waals surface area contributed by atoms with Crippen molar-refractivity contribution in [3.63, 3.8) is 0 Å². The first kappa shape index (κ1) is 11.8. The van der Waals surface area contributed by atoms with E-state index in [-0.39, 0.29) is 0 Å². The van der Waals surface area contributed by atoms with Crippen LogP contribution in [-0.4, -0.2) is 29.1 Å². The van der Waals surface area contributed by atoms with Crippen LogP contribution in [0.5, 0.6) is 0 Å². The molecule has 0 spiro atoms. The van der Waals surface area contributed by atoms with Crippen molar-refractivity contribution < 1.29 is 14.3 Å². The van der Waals surface area contributed by atoms with Gasteiger partial charge in [0.05, 0.1) is 12.8 Å². The molecule has 0 radical (unpaired) electrons. The Morgan fingerprint density at radius 2 is 1.89 bits per heavy atom. The van der Waals surface area contributed by atoms with Crippen molar-refractivity contribution in [2.45, 2.75) is 32.2 Å². The highest BCUT2D eigenvalue weighted by molar-refractivity contribution is 5.88. The molecule has 2 aliphatic rings. The van der Waals surface area contributed by atoms with Gasteiger partial charge in [-0.2, -0.15) is 0 Å². The van der Waals surface area contributed by atoms with Gasteiger partial charge >= 0.3 is 5.97 Å². The maximum Gasteiger partial charge on any atom is 0.339 e. The summed E-state index contributed by atoms with van der Waals surface area (Å²) in [4.78, 5) is 13.4. The number of carboxylic acids is 1. The van der Waals surface area contributed by atoms with Crippen LogP contribution in [-0.2, 0) is 6.54 Å². The van der Waals surface area contributed by atoms with Gasteiger partial charge in [0.1, 0.15) is 11.3 Å². The van der Waals surface area contributed by atoms with Gasteiger partial charge < -0.3 is 9.52 Å². The molecule has 0 aromatic carbocycles. The summed E-state index contributed by atoms with van der Waals surface area (Å²) in [6.45, 7) is 2.83. The first-order chi connectivity index (χ1) is 8.72. The molecule has 98 valence electrons. The molecule has 0 unspecified atom stereocenters. The van der Waals surface area contributed by atoms with E-state index in [1.807, 2.05) is 0 Å². The van der Waals surface area contributed by atoms with E-state index in [0.717, 1.165) is 24.9 Å². The molecule has 1 aromatic heterocycles. The molecule has 0 saturated heterocycles. The van der Waals surface area contributed by atoms with Crippen molar-refractivity contribution >= 4 is 5.97 Å². The molecule has 1 heterocycles. The summed E-state index contributed by atoms with van der Waals surface area (Å²) in [6.07, 6.45) is 6.78. The lowest BCUT2D eigenvalue weighted by Gasteiger charge is -2.21. The van der Waals surface area contributed by atoms with E-state index in [0.29, 0.717) is 17.9 Å². The Hall–Kier alpha value is -1.29. The molecule has 2 saturated carbocycles. The Balaban J connectivity index is 1.65. The summed E-state index contributed by atoms with van der Waals surface area (Å²) in [6, 6.07) is 1.55. The summed E-state index contributed by atoms with van der Waals surface area (Å²) < 4.78 is 5.34. The molecule has 1 aromatic rings. The smallest absolute Gasteiger partial charge is 0.339 e. The molecular formula is C14H19NO3. The van der Waals surface area contributed by atoms with Crippen molar-refractivity contribution in [2.24, 2.45) is 11.8 Å². The number of nitrogens with zero attached hydrogens (tertiary/aromatic N) is 1. The van der Waals surface area contributed by atoms with Crippen LogP contribution in [0.4, 0.5) is 0 Å². The van der Waals surface area contributed by atoms with Crippen molar-refractivity contribution in [2.75, 3.05) is 13.1 Å². The minimum absolute atomic E-state index is 0.312. The van der Waals surface area contributed by atoms with E-state index >= 15 is 0 Å². The Kier molecular flexibility index (Phi) is 3.12. The monoisotopic (exact) mass is 249 g/mol. The molecule has 2 fully saturated rings. The number of hydrogen-bond donors (Lipinski definition) is 1. The van der Waals surface area contributed by atoms with E-state index in [9.17, 15) is 4.79 Å². The predicted octanol–water partition coefficient (Wildman–Crippen LogP) is 2.60. The quantitative estimate of drug-likeness (QED) is 0.807. The van der Waals surface area contributed by atoms with Gasteiger partial charge in [0.2, 0.25) is 0 Å². The van der Waals surface area contributed by atoms with Crippen LogP contribution in [0.25, 0.3) is 0 Å². The Morgan fingerprint density at radius 3 is 2.39 bits per heavy atom. The van der Waals surface area contributed by atoms with Crippen LogP contribution in [0.1, 0.15) is 41.8 Å². The topological polar surface area (TPSA) is 53.7 Å². The van der Waals surface area contributed by atoms with Crippen LogP contribution in [0.2, 0.25) is 0 Å². The molecule has 0 atom stereocenters. The number of aromatic carboxylic acids is 1.